The highest BCUT2D eigenvalue weighted by Gasteiger charge is 2.14. The summed E-state index contributed by atoms with van der Waals surface area (Å²) in [7, 11) is 1.56. The topological polar surface area (TPSA) is 77.2 Å². The largest absolute Gasteiger partial charge is 0.496 e. The highest BCUT2D eigenvalue weighted by molar-refractivity contribution is 5.90. The second-order valence-corrected chi connectivity index (χ2v) is 5.24. The first-order chi connectivity index (χ1) is 12.2. The summed E-state index contributed by atoms with van der Waals surface area (Å²) in [6.07, 6.45) is 0.352. The van der Waals surface area contributed by atoms with Gasteiger partial charge in [-0.3, -0.25) is 4.79 Å². The Morgan fingerprint density at radius 3 is 2.76 bits per heavy atom. The van der Waals surface area contributed by atoms with Crippen LogP contribution in [0.1, 0.15) is 12.3 Å². The lowest BCUT2D eigenvalue weighted by molar-refractivity contribution is -0.116. The molecule has 1 N–H and O–H groups in total. The van der Waals surface area contributed by atoms with E-state index < -0.39 is 5.82 Å². The van der Waals surface area contributed by atoms with Crippen molar-refractivity contribution in [2.24, 2.45) is 0 Å². The third-order valence-corrected chi connectivity index (χ3v) is 3.53. The summed E-state index contributed by atoms with van der Waals surface area (Å²) in [5.74, 6) is 0.535. The molecular weight excluding hydrogens is 325 g/mol. The summed E-state index contributed by atoms with van der Waals surface area (Å²) < 4.78 is 23.9. The smallest absolute Gasteiger partial charge is 0.227 e. The van der Waals surface area contributed by atoms with Crippen LogP contribution in [0.4, 0.5) is 10.1 Å². The standard InChI is InChI=1S/C18H16FN3O3/c1-24-15-9-5-2-6-12(15)18-21-17(25-22-18)11-10-16(23)20-14-8-4-3-7-13(14)19/h2-9H,10-11H2,1H3,(H,20,23). The molecule has 0 bridgehead atoms. The van der Waals surface area contributed by atoms with Gasteiger partial charge in [0.15, 0.2) is 0 Å². The molecule has 6 nitrogen and oxygen atoms in total. The van der Waals surface area contributed by atoms with Gasteiger partial charge >= 0.3 is 0 Å². The van der Waals surface area contributed by atoms with Crippen LogP contribution in [0, 0.1) is 5.82 Å². The van der Waals surface area contributed by atoms with Gasteiger partial charge in [-0.25, -0.2) is 4.39 Å². The maximum absolute atomic E-state index is 13.5. The van der Waals surface area contributed by atoms with Gasteiger partial charge < -0.3 is 14.6 Å². The molecule has 0 radical (unpaired) electrons. The Morgan fingerprint density at radius 1 is 1.20 bits per heavy atom. The second-order valence-electron chi connectivity index (χ2n) is 5.24. The minimum absolute atomic E-state index is 0.0991. The molecule has 1 aromatic heterocycles. The molecule has 0 unspecified atom stereocenters. The van der Waals surface area contributed by atoms with Crippen molar-refractivity contribution < 1.29 is 18.4 Å². The number of hydrogen-bond acceptors (Lipinski definition) is 5. The van der Waals surface area contributed by atoms with Crippen LogP contribution in [0.3, 0.4) is 0 Å². The van der Waals surface area contributed by atoms with E-state index in [9.17, 15) is 9.18 Å². The molecule has 0 atom stereocenters. The van der Waals surface area contributed by atoms with E-state index in [0.717, 1.165) is 0 Å². The van der Waals surface area contributed by atoms with Crippen molar-refractivity contribution in [3.05, 3.63) is 60.2 Å². The van der Waals surface area contributed by atoms with Gasteiger partial charge in [-0.1, -0.05) is 29.4 Å². The quantitative estimate of drug-likeness (QED) is 0.743. The van der Waals surface area contributed by atoms with Gasteiger partial charge in [-0.15, -0.1) is 0 Å². The molecule has 3 rings (SSSR count). The van der Waals surface area contributed by atoms with Crippen LogP contribution in [0.2, 0.25) is 0 Å². The number of para-hydroxylation sites is 2. The molecule has 0 aliphatic carbocycles. The number of anilines is 1. The molecule has 2 aromatic carbocycles. The number of aryl methyl sites for hydroxylation is 1. The summed E-state index contributed by atoms with van der Waals surface area (Å²) in [4.78, 5) is 16.2. The van der Waals surface area contributed by atoms with Gasteiger partial charge in [0.2, 0.25) is 17.6 Å². The molecule has 3 aromatic rings. The van der Waals surface area contributed by atoms with Crippen LogP contribution in [-0.4, -0.2) is 23.2 Å². The number of carbonyl (C=O) groups is 1. The Morgan fingerprint density at radius 2 is 1.96 bits per heavy atom. The van der Waals surface area contributed by atoms with Crippen molar-refractivity contribution in [2.75, 3.05) is 12.4 Å². The van der Waals surface area contributed by atoms with E-state index in [1.54, 1.807) is 25.3 Å². The molecule has 0 saturated carbocycles. The molecule has 0 saturated heterocycles. The minimum atomic E-state index is -0.480. The van der Waals surface area contributed by atoms with Crippen molar-refractivity contribution in [2.45, 2.75) is 12.8 Å². The number of amides is 1. The summed E-state index contributed by atoms with van der Waals surface area (Å²) in [5, 5.41) is 6.43. The lowest BCUT2D eigenvalue weighted by Gasteiger charge is -2.04. The lowest BCUT2D eigenvalue weighted by atomic mass is 10.2. The summed E-state index contributed by atoms with van der Waals surface area (Å²) >= 11 is 0. The van der Waals surface area contributed by atoms with E-state index in [4.69, 9.17) is 9.26 Å². The van der Waals surface area contributed by atoms with E-state index in [1.807, 2.05) is 18.2 Å². The van der Waals surface area contributed by atoms with Gasteiger partial charge in [0.1, 0.15) is 11.6 Å². The number of rotatable bonds is 6. The van der Waals surface area contributed by atoms with Crippen LogP contribution >= 0.6 is 0 Å². The molecule has 0 aliphatic heterocycles. The van der Waals surface area contributed by atoms with Crippen LogP contribution in [-0.2, 0) is 11.2 Å². The van der Waals surface area contributed by atoms with Crippen molar-refractivity contribution >= 4 is 11.6 Å². The number of carbonyl (C=O) groups excluding carboxylic acids is 1. The third-order valence-electron chi connectivity index (χ3n) is 3.53. The molecule has 0 aliphatic rings. The number of halogens is 1. The molecular formula is C18H16FN3O3. The Bertz CT molecular complexity index is 879. The van der Waals surface area contributed by atoms with Gasteiger partial charge in [0, 0.05) is 12.8 Å². The van der Waals surface area contributed by atoms with E-state index in [1.165, 1.54) is 12.1 Å². The number of nitrogens with zero attached hydrogens (tertiary/aromatic N) is 2. The van der Waals surface area contributed by atoms with E-state index in [2.05, 4.69) is 15.5 Å². The third kappa shape index (κ3) is 4.00. The Hall–Kier alpha value is -3.22. The van der Waals surface area contributed by atoms with Crippen LogP contribution in [0.5, 0.6) is 5.75 Å². The zero-order valence-corrected chi connectivity index (χ0v) is 13.5. The predicted molar refractivity (Wildman–Crippen MR) is 89.6 cm³/mol. The van der Waals surface area contributed by atoms with Crippen LogP contribution in [0.15, 0.2) is 53.1 Å². The second kappa shape index (κ2) is 7.57. The fraction of sp³-hybridized carbons (Fsp3) is 0.167. The summed E-state index contributed by atoms with van der Waals surface area (Å²) in [6.45, 7) is 0. The van der Waals surface area contributed by atoms with Crippen LogP contribution in [0.25, 0.3) is 11.4 Å². The number of ether oxygens (including phenoxy) is 1. The van der Waals surface area contributed by atoms with Crippen LogP contribution < -0.4 is 10.1 Å². The zero-order chi connectivity index (χ0) is 17.6. The number of benzene rings is 2. The number of nitrogens with one attached hydrogen (secondary N) is 1. The van der Waals surface area contributed by atoms with Crippen molar-refractivity contribution in [1.82, 2.24) is 10.1 Å². The summed E-state index contributed by atoms with van der Waals surface area (Å²) in [5.41, 5.74) is 0.851. The van der Waals surface area contributed by atoms with E-state index in [-0.39, 0.29) is 24.4 Å². The molecule has 0 fully saturated rings. The molecule has 1 amide bonds. The fourth-order valence-electron chi connectivity index (χ4n) is 2.29. The average Bonchev–Trinajstić information content (AvgIpc) is 3.11. The fourth-order valence-corrected chi connectivity index (χ4v) is 2.29. The highest BCUT2D eigenvalue weighted by atomic mass is 19.1. The number of aromatic nitrogens is 2. The molecule has 25 heavy (non-hydrogen) atoms. The highest BCUT2D eigenvalue weighted by Crippen LogP contribution is 2.27. The SMILES string of the molecule is COc1ccccc1-c1noc(CCC(=O)Nc2ccccc2F)n1. The number of methoxy groups -OCH3 is 1. The normalized spacial score (nSPS) is 10.5. The van der Waals surface area contributed by atoms with Crippen molar-refractivity contribution in [3.8, 4) is 17.1 Å². The maximum Gasteiger partial charge on any atom is 0.227 e. The van der Waals surface area contributed by atoms with Gasteiger partial charge in [-0.05, 0) is 24.3 Å². The molecule has 128 valence electrons. The van der Waals surface area contributed by atoms with Gasteiger partial charge in [0.25, 0.3) is 0 Å². The number of hydrogen-bond donors (Lipinski definition) is 1. The molecule has 1 heterocycles. The first-order valence-corrected chi connectivity index (χ1v) is 7.67. The first kappa shape index (κ1) is 16.6. The average molecular weight is 341 g/mol. The predicted octanol–water partition coefficient (Wildman–Crippen LogP) is 3.46. The Labute approximate surface area is 143 Å². The van der Waals surface area contributed by atoms with E-state index >= 15 is 0 Å². The molecule has 0 spiro atoms. The van der Waals surface area contributed by atoms with Crippen molar-refractivity contribution in [1.29, 1.82) is 0 Å². The van der Waals surface area contributed by atoms with Gasteiger partial charge in [-0.2, -0.15) is 4.98 Å². The minimum Gasteiger partial charge on any atom is -0.496 e. The van der Waals surface area contributed by atoms with E-state index in [0.29, 0.717) is 23.0 Å². The van der Waals surface area contributed by atoms with Gasteiger partial charge in [0.05, 0.1) is 18.4 Å². The first-order valence-electron chi connectivity index (χ1n) is 7.67. The lowest BCUT2D eigenvalue weighted by Crippen LogP contribution is -2.13. The monoisotopic (exact) mass is 341 g/mol. The zero-order valence-electron chi connectivity index (χ0n) is 13.5. The summed E-state index contributed by atoms with van der Waals surface area (Å²) in [6, 6.07) is 13.3. The maximum atomic E-state index is 13.5. The molecule has 7 heteroatoms. The Balaban J connectivity index is 1.62. The van der Waals surface area contributed by atoms with Crippen molar-refractivity contribution in [3.63, 3.8) is 0 Å². The Kier molecular flexibility index (Phi) is 5.03.